The third kappa shape index (κ3) is 9.40. The van der Waals surface area contributed by atoms with Crippen LogP contribution in [-0.2, 0) is 0 Å². The van der Waals surface area contributed by atoms with Crippen molar-refractivity contribution < 1.29 is 14.2 Å². The van der Waals surface area contributed by atoms with Gasteiger partial charge < -0.3 is 24.0 Å². The van der Waals surface area contributed by atoms with Crippen LogP contribution in [0.25, 0.3) is 29.1 Å². The van der Waals surface area contributed by atoms with Crippen LogP contribution in [-0.4, -0.2) is 20.8 Å². The Labute approximate surface area is 352 Å². The summed E-state index contributed by atoms with van der Waals surface area (Å²) in [6.07, 6.45) is 7.73. The highest BCUT2D eigenvalue weighted by Gasteiger charge is 2.15. The average molecular weight is 785 g/mol. The summed E-state index contributed by atoms with van der Waals surface area (Å²) in [5, 5.41) is 10.2. The third-order valence-corrected chi connectivity index (χ3v) is 10.0. The first-order valence-electron chi connectivity index (χ1n) is 19.6. The fraction of sp³-hybridized carbons (Fsp3) is 0.0943. The van der Waals surface area contributed by atoms with E-state index in [4.69, 9.17) is 20.8 Å². The highest BCUT2D eigenvalue weighted by molar-refractivity contribution is 5.84. The zero-order valence-corrected chi connectivity index (χ0v) is 34.0. The molecule has 60 heavy (non-hydrogen) atoms. The minimum atomic E-state index is 0.465. The van der Waals surface area contributed by atoms with Gasteiger partial charge in [-0.25, -0.2) is 4.85 Å². The van der Waals surface area contributed by atoms with Gasteiger partial charge in [-0.1, -0.05) is 66.3 Å². The number of hydrogen-bond acceptors (Lipinski definition) is 6. The van der Waals surface area contributed by atoms with Crippen molar-refractivity contribution in [2.24, 2.45) is 0 Å². The number of rotatable bonds is 14. The summed E-state index contributed by atoms with van der Waals surface area (Å²) >= 11 is 0. The number of benzene rings is 7. The van der Waals surface area contributed by atoms with Crippen molar-refractivity contribution in [3.8, 4) is 23.3 Å². The number of anilines is 6. The van der Waals surface area contributed by atoms with Crippen LogP contribution in [0.2, 0.25) is 0 Å². The molecule has 7 rings (SSSR count). The Morgan fingerprint density at radius 2 is 0.917 bits per heavy atom. The summed E-state index contributed by atoms with van der Waals surface area (Å²) in [5.41, 5.74) is 11.4. The van der Waals surface area contributed by atoms with Crippen LogP contribution in [0.3, 0.4) is 0 Å². The Hall–Kier alpha value is -8.00. The molecule has 0 saturated heterocycles. The van der Waals surface area contributed by atoms with Gasteiger partial charge in [-0.05, 0) is 157 Å². The molecule has 0 amide bonds. The molecule has 0 saturated carbocycles. The lowest BCUT2D eigenvalue weighted by Crippen LogP contribution is -2.09. The van der Waals surface area contributed by atoms with E-state index in [2.05, 4.69) is 88.3 Å². The van der Waals surface area contributed by atoms with E-state index in [1.807, 2.05) is 116 Å². The maximum atomic E-state index is 10.2. The molecule has 0 aliphatic carbocycles. The molecule has 7 aromatic rings. The molecule has 294 valence electrons. The van der Waals surface area contributed by atoms with Gasteiger partial charge in [0.1, 0.15) is 17.2 Å². The van der Waals surface area contributed by atoms with Crippen molar-refractivity contribution in [1.82, 2.24) is 0 Å². The summed E-state index contributed by atoms with van der Waals surface area (Å²) in [7, 11) is 3.32. The number of hydrogen-bond donors (Lipinski definition) is 0. The molecule has 0 heterocycles. The smallest absolute Gasteiger partial charge is 0.194 e. The van der Waals surface area contributed by atoms with E-state index in [1.165, 1.54) is 5.56 Å². The monoisotopic (exact) mass is 784 g/mol. The van der Waals surface area contributed by atoms with E-state index >= 15 is 0 Å². The van der Waals surface area contributed by atoms with Crippen molar-refractivity contribution in [2.75, 3.05) is 30.6 Å². The van der Waals surface area contributed by atoms with Crippen molar-refractivity contribution in [1.29, 1.82) is 5.26 Å². The predicted octanol–water partition coefficient (Wildman–Crippen LogP) is 14.1. The lowest BCUT2D eigenvalue weighted by Gasteiger charge is -2.26. The molecule has 0 spiro atoms. The summed E-state index contributed by atoms with van der Waals surface area (Å²) in [5.74, 6) is 2.40. The van der Waals surface area contributed by atoms with E-state index in [0.29, 0.717) is 29.0 Å². The van der Waals surface area contributed by atoms with Crippen LogP contribution in [0.15, 0.2) is 158 Å². The number of methoxy groups -OCH3 is 2. The fourth-order valence-electron chi connectivity index (χ4n) is 6.84. The normalized spacial score (nSPS) is 10.9. The second-order valence-electron chi connectivity index (χ2n) is 13.9. The predicted molar refractivity (Wildman–Crippen MR) is 247 cm³/mol. The quantitative estimate of drug-likeness (QED) is 0.0808. The van der Waals surface area contributed by atoms with Crippen LogP contribution in [0.5, 0.6) is 17.2 Å². The van der Waals surface area contributed by atoms with Crippen LogP contribution in [0.4, 0.5) is 39.8 Å². The molecule has 0 radical (unpaired) electrons. The molecule has 7 heteroatoms. The minimum Gasteiger partial charge on any atom is -0.497 e. The highest BCUT2D eigenvalue weighted by atomic mass is 16.5. The topological polar surface area (TPSA) is 62.3 Å². The number of aryl methyl sites for hydroxylation is 1. The molecule has 0 N–H and O–H groups in total. The van der Waals surface area contributed by atoms with Crippen LogP contribution >= 0.6 is 0 Å². The molecule has 0 fully saturated rings. The van der Waals surface area contributed by atoms with E-state index < -0.39 is 0 Å². The Kier molecular flexibility index (Phi) is 12.7. The van der Waals surface area contributed by atoms with Gasteiger partial charge in [-0.2, -0.15) is 5.26 Å². The zero-order chi connectivity index (χ0) is 41.8. The number of nitriles is 1. The van der Waals surface area contributed by atoms with E-state index in [-0.39, 0.29) is 0 Å². The second kappa shape index (κ2) is 19.0. The van der Waals surface area contributed by atoms with Crippen LogP contribution < -0.4 is 24.0 Å². The number of ether oxygens (including phenoxy) is 3. The molecular formula is C53H44N4O3. The Morgan fingerprint density at radius 1 is 0.533 bits per heavy atom. The van der Waals surface area contributed by atoms with Gasteiger partial charge in [0.05, 0.1) is 39.0 Å². The summed E-state index contributed by atoms with van der Waals surface area (Å²) < 4.78 is 16.5. The number of nitrogens with zero attached hydrogens (tertiary/aromatic N) is 4. The Morgan fingerprint density at radius 3 is 1.30 bits per heavy atom. The maximum Gasteiger partial charge on any atom is 0.194 e. The molecule has 0 aliphatic heterocycles. The zero-order valence-electron chi connectivity index (χ0n) is 34.0. The van der Waals surface area contributed by atoms with Gasteiger partial charge in [0.15, 0.2) is 5.69 Å². The summed E-state index contributed by atoms with van der Waals surface area (Å²) in [6, 6.07) is 54.8. The molecule has 0 aromatic heterocycles. The summed E-state index contributed by atoms with van der Waals surface area (Å²) in [6.45, 7) is 12.6. The van der Waals surface area contributed by atoms with E-state index in [1.54, 1.807) is 26.4 Å². The van der Waals surface area contributed by atoms with Gasteiger partial charge in [-0.15, -0.1) is 0 Å². The SMILES string of the molecule is [C-]#[N+]c1cc(/C=C\c2ccc(N(c3ccc(OC)cc3)c3ccc(OCC)cc3)cc2)c(C#N)cc1/C=C\c1ccc(N(c2ccc(C)cc2)c2ccc(OC)cc2)cc1. The van der Waals surface area contributed by atoms with Gasteiger partial charge in [0.2, 0.25) is 0 Å². The van der Waals surface area contributed by atoms with Gasteiger partial charge in [-0.3, -0.25) is 0 Å². The van der Waals surface area contributed by atoms with Gasteiger partial charge in [0.25, 0.3) is 0 Å². The third-order valence-electron chi connectivity index (χ3n) is 10.0. The maximum absolute atomic E-state index is 10.2. The average Bonchev–Trinajstić information content (AvgIpc) is 3.30. The molecule has 7 aromatic carbocycles. The minimum absolute atomic E-state index is 0.465. The second-order valence-corrected chi connectivity index (χ2v) is 13.9. The van der Waals surface area contributed by atoms with Crippen LogP contribution in [0, 0.1) is 24.8 Å². The standard InChI is InChI=1S/C53H44N4O3/c1-6-60-52-33-27-49(28-34-52)57(48-25-31-51(59-5)32-26-48)46-19-11-39(12-20-46)9-15-41-36-53(55-3)42(35-43(41)37-54)16-10-40-13-21-45(22-14-40)56(44-17-7-38(2)8-18-44)47-23-29-50(58-4)30-24-47/h7-36H,6H2,1-2,4-5H3/b15-9-,16-10-. The van der Waals surface area contributed by atoms with Crippen molar-refractivity contribution >= 4 is 64.1 Å². The molecule has 0 atom stereocenters. The first-order chi connectivity index (χ1) is 29.4. The van der Waals surface area contributed by atoms with E-state index in [0.717, 1.165) is 62.5 Å². The highest BCUT2D eigenvalue weighted by Crippen LogP contribution is 2.38. The van der Waals surface area contributed by atoms with Crippen molar-refractivity contribution in [3.63, 3.8) is 0 Å². The molecular weight excluding hydrogens is 741 g/mol. The molecule has 7 nitrogen and oxygen atoms in total. The van der Waals surface area contributed by atoms with Crippen LogP contribution in [0.1, 0.15) is 40.3 Å². The molecule has 0 unspecified atom stereocenters. The lowest BCUT2D eigenvalue weighted by atomic mass is 10.0. The van der Waals surface area contributed by atoms with E-state index in [9.17, 15) is 5.26 Å². The lowest BCUT2D eigenvalue weighted by molar-refractivity contribution is 0.340. The first-order valence-corrected chi connectivity index (χ1v) is 19.6. The first kappa shape index (κ1) is 40.2. The summed E-state index contributed by atoms with van der Waals surface area (Å²) in [4.78, 5) is 8.20. The Bertz CT molecular complexity index is 2670. The van der Waals surface area contributed by atoms with Gasteiger partial charge in [0, 0.05) is 34.1 Å². The van der Waals surface area contributed by atoms with Crippen molar-refractivity contribution in [3.05, 3.63) is 203 Å². The largest absolute Gasteiger partial charge is 0.497 e. The fourth-order valence-corrected chi connectivity index (χ4v) is 6.84. The Balaban J connectivity index is 1.10. The molecule has 0 aliphatic rings. The molecule has 0 bridgehead atoms. The van der Waals surface area contributed by atoms with Gasteiger partial charge >= 0.3 is 0 Å². The van der Waals surface area contributed by atoms with Crippen molar-refractivity contribution in [2.45, 2.75) is 13.8 Å².